The first kappa shape index (κ1) is 20.9. The van der Waals surface area contributed by atoms with Crippen molar-refractivity contribution in [2.45, 2.75) is 37.8 Å². The Kier molecular flexibility index (Phi) is 5.69. The molecule has 7 nitrogen and oxygen atoms in total. The summed E-state index contributed by atoms with van der Waals surface area (Å²) in [4.78, 5) is 24.5. The van der Waals surface area contributed by atoms with Gasteiger partial charge in [-0.05, 0) is 61.6 Å². The van der Waals surface area contributed by atoms with E-state index in [1.165, 1.54) is 13.2 Å². The zero-order chi connectivity index (χ0) is 22.1. The summed E-state index contributed by atoms with van der Waals surface area (Å²) in [7, 11) is 3.37. The van der Waals surface area contributed by atoms with Gasteiger partial charge in [0.15, 0.2) is 0 Å². The van der Waals surface area contributed by atoms with Gasteiger partial charge in [-0.1, -0.05) is 6.07 Å². The fraction of sp³-hybridized carbons (Fsp3) is 0.333. The minimum Gasteiger partial charge on any atom is -0.496 e. The van der Waals surface area contributed by atoms with Crippen molar-refractivity contribution < 1.29 is 24.2 Å². The number of hydrogen-bond donors (Lipinski definition) is 2. The number of aromatic nitrogens is 1. The first-order chi connectivity index (χ1) is 14.9. The number of carbonyl (C=O) groups is 2. The van der Waals surface area contributed by atoms with Crippen LogP contribution in [0.1, 0.15) is 63.6 Å². The van der Waals surface area contributed by atoms with Crippen molar-refractivity contribution in [3.05, 3.63) is 64.8 Å². The Morgan fingerprint density at radius 3 is 2.61 bits per heavy atom. The van der Waals surface area contributed by atoms with E-state index in [1.54, 1.807) is 24.3 Å². The van der Waals surface area contributed by atoms with E-state index in [-0.39, 0.29) is 17.6 Å². The number of rotatable bonds is 6. The quantitative estimate of drug-likeness (QED) is 0.581. The van der Waals surface area contributed by atoms with E-state index in [0.717, 1.165) is 36.6 Å². The monoisotopic (exact) mass is 422 g/mol. The summed E-state index contributed by atoms with van der Waals surface area (Å²) in [6.45, 7) is 0. The van der Waals surface area contributed by atoms with Crippen LogP contribution >= 0.6 is 0 Å². The summed E-state index contributed by atoms with van der Waals surface area (Å²) in [5.41, 5.74) is 9.12. The van der Waals surface area contributed by atoms with Gasteiger partial charge in [-0.3, -0.25) is 0 Å². The number of carboxylic acids is 1. The second-order valence-electron chi connectivity index (χ2n) is 7.94. The maximum Gasteiger partial charge on any atom is 0.338 e. The maximum atomic E-state index is 12.7. The summed E-state index contributed by atoms with van der Waals surface area (Å²) in [5, 5.41) is 10.5. The molecule has 7 heteroatoms. The van der Waals surface area contributed by atoms with E-state index in [0.29, 0.717) is 22.4 Å². The fourth-order valence-electron chi connectivity index (χ4n) is 4.41. The molecule has 0 bridgehead atoms. The third kappa shape index (κ3) is 3.88. The predicted octanol–water partition coefficient (Wildman–Crippen LogP) is 4.03. The van der Waals surface area contributed by atoms with Crippen molar-refractivity contribution in [1.29, 1.82) is 0 Å². The van der Waals surface area contributed by atoms with Crippen LogP contribution < -0.4 is 10.5 Å². The highest BCUT2D eigenvalue weighted by Crippen LogP contribution is 2.36. The molecule has 0 saturated heterocycles. The highest BCUT2D eigenvalue weighted by atomic mass is 16.5. The Balaban J connectivity index is 1.77. The number of carboxylic acid groups (broad SMARTS) is 1. The number of hydrogen-bond acceptors (Lipinski definition) is 5. The van der Waals surface area contributed by atoms with Crippen molar-refractivity contribution in [3.63, 3.8) is 0 Å². The largest absolute Gasteiger partial charge is 0.496 e. The molecule has 3 N–H and O–H groups in total. The Morgan fingerprint density at radius 2 is 1.94 bits per heavy atom. The van der Waals surface area contributed by atoms with E-state index in [9.17, 15) is 14.7 Å². The molecule has 0 spiro atoms. The number of aromatic carboxylic acids is 1. The van der Waals surface area contributed by atoms with Gasteiger partial charge in [-0.25, -0.2) is 9.59 Å². The maximum absolute atomic E-state index is 12.7. The molecule has 31 heavy (non-hydrogen) atoms. The number of aryl methyl sites for hydroxylation is 1. The van der Waals surface area contributed by atoms with Gasteiger partial charge in [0.25, 0.3) is 0 Å². The van der Waals surface area contributed by atoms with Crippen LogP contribution in [-0.2, 0) is 11.8 Å². The topological polar surface area (TPSA) is 104 Å². The van der Waals surface area contributed by atoms with Crippen LogP contribution in [0.15, 0.2) is 42.6 Å². The molecule has 162 valence electrons. The van der Waals surface area contributed by atoms with Crippen molar-refractivity contribution in [3.8, 4) is 5.75 Å². The number of nitrogens with zero attached hydrogens (tertiary/aromatic N) is 1. The molecular formula is C24H26N2O5. The van der Waals surface area contributed by atoms with Gasteiger partial charge in [0, 0.05) is 29.7 Å². The van der Waals surface area contributed by atoms with Gasteiger partial charge in [-0.2, -0.15) is 0 Å². The molecule has 3 aromatic rings. The minimum absolute atomic E-state index is 0.0209. The first-order valence-corrected chi connectivity index (χ1v) is 10.4. The fourth-order valence-corrected chi connectivity index (χ4v) is 4.41. The van der Waals surface area contributed by atoms with Gasteiger partial charge < -0.3 is 24.9 Å². The molecule has 1 fully saturated rings. The molecule has 4 rings (SSSR count). The van der Waals surface area contributed by atoms with E-state index < -0.39 is 12.0 Å². The lowest BCUT2D eigenvalue weighted by molar-refractivity contribution is 0.0318. The average molecular weight is 422 g/mol. The van der Waals surface area contributed by atoms with Crippen LogP contribution in [-0.4, -0.2) is 34.8 Å². The Bertz CT molecular complexity index is 1140. The number of esters is 1. The van der Waals surface area contributed by atoms with Gasteiger partial charge in [0.2, 0.25) is 0 Å². The molecule has 1 unspecified atom stereocenters. The first-order valence-electron chi connectivity index (χ1n) is 10.4. The predicted molar refractivity (Wildman–Crippen MR) is 117 cm³/mol. The number of nitrogens with two attached hydrogens (primary N) is 1. The van der Waals surface area contributed by atoms with Crippen LogP contribution in [0.2, 0.25) is 0 Å². The van der Waals surface area contributed by atoms with Crippen LogP contribution in [0.5, 0.6) is 5.75 Å². The second-order valence-corrected chi connectivity index (χ2v) is 7.94. The normalized spacial score (nSPS) is 15.2. The standard InChI is InChI=1S/C24H26N2O5/c1-26-13-18(22(25)21-16(23(27)28)8-5-9-20(21)30-2)17-12-14(10-11-19(17)26)24(29)31-15-6-3-4-7-15/h5,8-13,15,22H,3-4,6-7,25H2,1-2H3,(H,27,28). The smallest absolute Gasteiger partial charge is 0.338 e. The lowest BCUT2D eigenvalue weighted by Gasteiger charge is -2.18. The van der Waals surface area contributed by atoms with Gasteiger partial charge in [0.1, 0.15) is 11.9 Å². The molecule has 1 heterocycles. The molecule has 0 aliphatic heterocycles. The zero-order valence-corrected chi connectivity index (χ0v) is 17.6. The number of carbonyl (C=O) groups excluding carboxylic acids is 1. The summed E-state index contributed by atoms with van der Waals surface area (Å²) < 4.78 is 13.0. The summed E-state index contributed by atoms with van der Waals surface area (Å²) in [5.74, 6) is -1.02. The molecule has 1 atom stereocenters. The number of fused-ring (bicyclic) bond motifs is 1. The molecule has 0 amide bonds. The Labute approximate surface area is 180 Å². The Morgan fingerprint density at radius 1 is 1.19 bits per heavy atom. The number of ether oxygens (including phenoxy) is 2. The van der Waals surface area contributed by atoms with E-state index in [1.807, 2.05) is 23.9 Å². The SMILES string of the molecule is COc1cccc(C(=O)O)c1C(N)c1cn(C)c2ccc(C(=O)OC3CCCC3)cc12. The second kappa shape index (κ2) is 8.43. The van der Waals surface area contributed by atoms with Crippen molar-refractivity contribution in [2.24, 2.45) is 12.8 Å². The number of benzene rings is 2. The highest BCUT2D eigenvalue weighted by Gasteiger charge is 2.26. The molecule has 1 saturated carbocycles. The van der Waals surface area contributed by atoms with Crippen molar-refractivity contribution >= 4 is 22.8 Å². The van der Waals surface area contributed by atoms with Gasteiger partial charge in [-0.15, -0.1) is 0 Å². The summed E-state index contributed by atoms with van der Waals surface area (Å²) in [6, 6.07) is 9.45. The minimum atomic E-state index is -1.08. The van der Waals surface area contributed by atoms with E-state index in [2.05, 4.69) is 0 Å². The number of methoxy groups -OCH3 is 1. The van der Waals surface area contributed by atoms with E-state index in [4.69, 9.17) is 15.2 Å². The third-order valence-electron chi connectivity index (χ3n) is 5.99. The van der Waals surface area contributed by atoms with Gasteiger partial charge in [0.05, 0.1) is 24.3 Å². The average Bonchev–Trinajstić information content (AvgIpc) is 3.40. The summed E-state index contributed by atoms with van der Waals surface area (Å²) >= 11 is 0. The molecule has 1 aromatic heterocycles. The van der Waals surface area contributed by atoms with E-state index >= 15 is 0 Å². The van der Waals surface area contributed by atoms with Crippen LogP contribution in [0, 0.1) is 0 Å². The zero-order valence-electron chi connectivity index (χ0n) is 17.6. The van der Waals surface area contributed by atoms with Crippen molar-refractivity contribution in [2.75, 3.05) is 7.11 Å². The van der Waals surface area contributed by atoms with Crippen LogP contribution in [0.25, 0.3) is 10.9 Å². The molecular weight excluding hydrogens is 396 g/mol. The van der Waals surface area contributed by atoms with Gasteiger partial charge >= 0.3 is 11.9 Å². The molecule has 1 aliphatic carbocycles. The lowest BCUT2D eigenvalue weighted by Crippen LogP contribution is -2.17. The molecule has 2 aromatic carbocycles. The van der Waals surface area contributed by atoms with Crippen LogP contribution in [0.4, 0.5) is 0 Å². The van der Waals surface area contributed by atoms with Crippen molar-refractivity contribution in [1.82, 2.24) is 4.57 Å². The Hall–Kier alpha value is -3.32. The third-order valence-corrected chi connectivity index (χ3v) is 5.99. The lowest BCUT2D eigenvalue weighted by atomic mass is 9.93. The highest BCUT2D eigenvalue weighted by molar-refractivity contribution is 5.97. The molecule has 1 aliphatic rings. The summed E-state index contributed by atoms with van der Waals surface area (Å²) in [6.07, 6.45) is 5.81. The molecule has 0 radical (unpaired) electrons. The van der Waals surface area contributed by atoms with Crippen LogP contribution in [0.3, 0.4) is 0 Å².